The molecule has 1 atom stereocenters. The van der Waals surface area contributed by atoms with Crippen LogP contribution in [0.3, 0.4) is 0 Å². The van der Waals surface area contributed by atoms with Gasteiger partial charge in [-0.25, -0.2) is 4.79 Å². The van der Waals surface area contributed by atoms with E-state index in [1.54, 1.807) is 62.4 Å². The molecule has 0 N–H and O–H groups in total. The van der Waals surface area contributed by atoms with E-state index in [0.29, 0.717) is 21.9 Å². The van der Waals surface area contributed by atoms with Crippen molar-refractivity contribution in [1.82, 2.24) is 4.90 Å². The zero-order valence-electron chi connectivity index (χ0n) is 17.7. The molecule has 1 unspecified atom stereocenters. The van der Waals surface area contributed by atoms with E-state index in [-0.39, 0.29) is 12.0 Å². The van der Waals surface area contributed by atoms with Gasteiger partial charge in [0.25, 0.3) is 0 Å². The van der Waals surface area contributed by atoms with E-state index < -0.39 is 11.6 Å². The first-order valence-electron chi connectivity index (χ1n) is 10.3. The van der Waals surface area contributed by atoms with E-state index in [2.05, 4.69) is 4.90 Å². The minimum Gasteiger partial charge on any atom is -0.476 e. The van der Waals surface area contributed by atoms with Gasteiger partial charge >= 0.3 is 5.97 Å². The van der Waals surface area contributed by atoms with Crippen LogP contribution in [0.25, 0.3) is 0 Å². The molecule has 0 aromatic heterocycles. The van der Waals surface area contributed by atoms with E-state index in [1.807, 2.05) is 6.92 Å². The topological polar surface area (TPSA) is 55.8 Å². The Hall–Kier alpha value is -2.37. The number of ether oxygens (including phenoxy) is 2. The smallest absolute Gasteiger partial charge is 0.351 e. The highest BCUT2D eigenvalue weighted by Gasteiger charge is 2.34. The van der Waals surface area contributed by atoms with Crippen molar-refractivity contribution in [2.24, 2.45) is 0 Å². The first-order valence-corrected chi connectivity index (χ1v) is 10.7. The second-order valence-electron chi connectivity index (χ2n) is 8.07. The number of piperidine rings is 1. The lowest BCUT2D eigenvalue weighted by Crippen LogP contribution is -2.46. The van der Waals surface area contributed by atoms with Crippen LogP contribution < -0.4 is 4.74 Å². The average Bonchev–Trinajstić information content (AvgIpc) is 2.74. The van der Waals surface area contributed by atoms with Crippen molar-refractivity contribution in [3.8, 4) is 5.75 Å². The zero-order valence-corrected chi connectivity index (χ0v) is 18.4. The summed E-state index contributed by atoms with van der Waals surface area (Å²) in [5.41, 5.74) is -0.0568. The highest BCUT2D eigenvalue weighted by molar-refractivity contribution is 6.30. The number of likely N-dealkylation sites (tertiary alicyclic amines) is 1. The van der Waals surface area contributed by atoms with Gasteiger partial charge in [0.2, 0.25) is 0 Å². The fraction of sp³-hybridized carbons (Fsp3) is 0.417. The quantitative estimate of drug-likeness (QED) is 0.452. The van der Waals surface area contributed by atoms with Gasteiger partial charge in [-0.1, -0.05) is 18.0 Å². The van der Waals surface area contributed by atoms with Gasteiger partial charge < -0.3 is 9.47 Å². The summed E-state index contributed by atoms with van der Waals surface area (Å²) in [6, 6.07) is 13.5. The number of carbonyl (C=O) groups is 2. The summed E-state index contributed by atoms with van der Waals surface area (Å²) in [6.07, 6.45) is 3.20. The molecule has 6 heteroatoms. The molecule has 160 valence electrons. The van der Waals surface area contributed by atoms with Gasteiger partial charge in [0.1, 0.15) is 5.75 Å². The second-order valence-corrected chi connectivity index (χ2v) is 8.51. The predicted octanol–water partition coefficient (Wildman–Crippen LogP) is 5.10. The third kappa shape index (κ3) is 5.61. The van der Waals surface area contributed by atoms with E-state index >= 15 is 0 Å². The maximum Gasteiger partial charge on any atom is 0.351 e. The molecular formula is C24H28ClNO4. The number of rotatable bonds is 7. The molecule has 0 aliphatic carbocycles. The van der Waals surface area contributed by atoms with Crippen LogP contribution in [0.15, 0.2) is 48.5 Å². The average molecular weight is 430 g/mol. The first-order chi connectivity index (χ1) is 14.3. The van der Waals surface area contributed by atoms with Crippen LogP contribution >= 0.6 is 11.6 Å². The van der Waals surface area contributed by atoms with Crippen LogP contribution in [0.5, 0.6) is 5.75 Å². The maximum atomic E-state index is 12.7. The SMILES string of the molecule is CC(OC(=O)C(C)(C)Oc1ccc(C(=O)c2ccc(Cl)cc2)cc1)N1CCCCC1. The van der Waals surface area contributed by atoms with Gasteiger partial charge in [-0.2, -0.15) is 0 Å². The summed E-state index contributed by atoms with van der Waals surface area (Å²) < 4.78 is 11.5. The van der Waals surface area contributed by atoms with Crippen molar-refractivity contribution in [1.29, 1.82) is 0 Å². The van der Waals surface area contributed by atoms with Crippen LogP contribution in [0, 0.1) is 0 Å². The Morgan fingerprint density at radius 1 is 0.933 bits per heavy atom. The van der Waals surface area contributed by atoms with Crippen molar-refractivity contribution in [2.75, 3.05) is 13.1 Å². The Morgan fingerprint density at radius 2 is 1.47 bits per heavy atom. The van der Waals surface area contributed by atoms with Gasteiger partial charge in [0, 0.05) is 29.2 Å². The molecule has 1 heterocycles. The predicted molar refractivity (Wildman–Crippen MR) is 117 cm³/mol. The fourth-order valence-corrected chi connectivity index (χ4v) is 3.56. The summed E-state index contributed by atoms with van der Waals surface area (Å²) >= 11 is 5.88. The number of hydrogen-bond donors (Lipinski definition) is 0. The molecule has 3 rings (SSSR count). The van der Waals surface area contributed by atoms with E-state index in [4.69, 9.17) is 21.1 Å². The molecule has 1 fully saturated rings. The molecule has 0 spiro atoms. The third-order valence-electron chi connectivity index (χ3n) is 5.27. The Labute approximate surface area is 182 Å². The van der Waals surface area contributed by atoms with Crippen LogP contribution in [-0.4, -0.2) is 41.6 Å². The van der Waals surface area contributed by atoms with Crippen LogP contribution in [-0.2, 0) is 9.53 Å². The van der Waals surface area contributed by atoms with Gasteiger partial charge in [-0.3, -0.25) is 9.69 Å². The molecule has 0 radical (unpaired) electrons. The fourth-order valence-electron chi connectivity index (χ4n) is 3.43. The molecule has 1 saturated heterocycles. The lowest BCUT2D eigenvalue weighted by molar-refractivity contribution is -0.174. The van der Waals surface area contributed by atoms with E-state index in [9.17, 15) is 9.59 Å². The molecule has 30 heavy (non-hydrogen) atoms. The first kappa shape index (κ1) is 22.3. The van der Waals surface area contributed by atoms with Gasteiger partial charge in [0.05, 0.1) is 0 Å². The number of nitrogens with zero attached hydrogens (tertiary/aromatic N) is 1. The second kappa shape index (κ2) is 9.63. The zero-order chi connectivity index (χ0) is 21.7. The number of benzene rings is 2. The molecule has 5 nitrogen and oxygen atoms in total. The van der Waals surface area contributed by atoms with E-state index in [0.717, 1.165) is 25.9 Å². The third-order valence-corrected chi connectivity index (χ3v) is 5.52. The minimum absolute atomic E-state index is 0.104. The molecule has 0 saturated carbocycles. The van der Waals surface area contributed by atoms with E-state index in [1.165, 1.54) is 6.42 Å². The van der Waals surface area contributed by atoms with Crippen LogP contribution in [0.2, 0.25) is 5.02 Å². The molecular weight excluding hydrogens is 402 g/mol. The Morgan fingerprint density at radius 3 is 2.03 bits per heavy atom. The molecule has 2 aromatic rings. The summed E-state index contributed by atoms with van der Waals surface area (Å²) in [5, 5.41) is 0.582. The number of esters is 1. The molecule has 1 aliphatic rings. The number of halogens is 1. The monoisotopic (exact) mass is 429 g/mol. The van der Waals surface area contributed by atoms with Crippen molar-refractivity contribution in [3.05, 3.63) is 64.7 Å². The maximum absolute atomic E-state index is 12.7. The van der Waals surface area contributed by atoms with Crippen molar-refractivity contribution in [2.45, 2.75) is 51.9 Å². The molecule has 0 bridgehead atoms. The standard InChI is InChI=1S/C24H28ClNO4/c1-17(26-15-5-4-6-16-26)29-23(28)24(2,3)30-21-13-9-19(10-14-21)22(27)18-7-11-20(25)12-8-18/h7-14,17H,4-6,15-16H2,1-3H3. The van der Waals surface area contributed by atoms with Gasteiger partial charge in [-0.05, 0) is 82.1 Å². The number of ketones is 1. The lowest BCUT2D eigenvalue weighted by atomic mass is 10.0. The van der Waals surface area contributed by atoms with Gasteiger partial charge in [0.15, 0.2) is 17.6 Å². The van der Waals surface area contributed by atoms with Crippen LogP contribution in [0.4, 0.5) is 0 Å². The Kier molecular flexibility index (Phi) is 7.16. The highest BCUT2D eigenvalue weighted by atomic mass is 35.5. The molecule has 1 aliphatic heterocycles. The van der Waals surface area contributed by atoms with Gasteiger partial charge in [-0.15, -0.1) is 0 Å². The Balaban J connectivity index is 1.61. The minimum atomic E-state index is -1.15. The lowest BCUT2D eigenvalue weighted by Gasteiger charge is -2.34. The largest absolute Gasteiger partial charge is 0.476 e. The van der Waals surface area contributed by atoms with Crippen molar-refractivity contribution < 1.29 is 19.1 Å². The Bertz CT molecular complexity index is 871. The number of carbonyl (C=O) groups excluding carboxylic acids is 2. The van der Waals surface area contributed by atoms with Crippen molar-refractivity contribution in [3.63, 3.8) is 0 Å². The van der Waals surface area contributed by atoms with Crippen LogP contribution in [0.1, 0.15) is 56.0 Å². The normalized spacial score (nSPS) is 16.0. The highest BCUT2D eigenvalue weighted by Crippen LogP contribution is 2.23. The molecule has 2 aromatic carbocycles. The number of hydrogen-bond acceptors (Lipinski definition) is 5. The van der Waals surface area contributed by atoms with Crippen molar-refractivity contribution >= 4 is 23.4 Å². The summed E-state index contributed by atoms with van der Waals surface area (Å²) in [7, 11) is 0. The summed E-state index contributed by atoms with van der Waals surface area (Å²) in [5.74, 6) is -0.0237. The summed E-state index contributed by atoms with van der Waals surface area (Å²) in [4.78, 5) is 27.4. The molecule has 0 amide bonds. The summed E-state index contributed by atoms with van der Waals surface area (Å²) in [6.45, 7) is 7.16.